The average Bonchev–Trinajstić information content (AvgIpc) is 1.86. The van der Waals surface area contributed by atoms with Crippen LogP contribution in [0.15, 0.2) is 194 Å². The Kier molecular flexibility index (Phi) is 21.7. The van der Waals surface area contributed by atoms with Crippen LogP contribution in [0.25, 0.3) is 0 Å². The van der Waals surface area contributed by atoms with Crippen LogP contribution in [-0.2, 0) is 66.3 Å². The van der Waals surface area contributed by atoms with Crippen molar-refractivity contribution in [1.82, 2.24) is 20.6 Å². The number of pyridine rings is 2. The van der Waals surface area contributed by atoms with Gasteiger partial charge in [-0.25, -0.2) is 17.6 Å². The van der Waals surface area contributed by atoms with Crippen molar-refractivity contribution in [2.24, 2.45) is 0 Å². The highest BCUT2D eigenvalue weighted by Gasteiger charge is 2.63. The molecule has 6 aromatic carbocycles. The third kappa shape index (κ3) is 15.8. The Labute approximate surface area is 504 Å². The summed E-state index contributed by atoms with van der Waals surface area (Å²) >= 11 is 0. The summed E-state index contributed by atoms with van der Waals surface area (Å²) in [7, 11) is 0.695. The zero-order valence-corrected chi connectivity index (χ0v) is 47.2. The van der Waals surface area contributed by atoms with Crippen LogP contribution in [0.4, 0.5) is 70.2 Å². The molecule has 2 aromatic heterocycles. The molecule has 476 valence electrons. The average molecular weight is 1280 g/mol. The van der Waals surface area contributed by atoms with Crippen LogP contribution in [0.1, 0.15) is 68.7 Å². The van der Waals surface area contributed by atoms with Gasteiger partial charge in [0.2, 0.25) is 0 Å². The summed E-state index contributed by atoms with van der Waals surface area (Å²) < 4.78 is 236. The predicted octanol–water partition coefficient (Wildman–Crippen LogP) is 14.4. The molecule has 3 heterocycles. The normalized spacial score (nSPS) is 15.4. The first-order valence-electron chi connectivity index (χ1n) is 27.1. The summed E-state index contributed by atoms with van der Waals surface area (Å²) in [5.74, 6) is -7.87. The Morgan fingerprint density at radius 1 is 0.456 bits per heavy atom. The monoisotopic (exact) mass is 1270 g/mol. The Hall–Kier alpha value is -8.68. The number of amides is 2. The Bertz CT molecular complexity index is 3630. The van der Waals surface area contributed by atoms with Crippen molar-refractivity contribution >= 4 is 11.8 Å². The number of benzene rings is 6. The van der Waals surface area contributed by atoms with E-state index in [0.29, 0.717) is 30.4 Å². The Balaban J connectivity index is 0.000000237. The number of alkyl halides is 12. The number of nitrogens with one attached hydrogen (secondary N) is 2. The van der Waals surface area contributed by atoms with E-state index < -0.39 is 123 Å². The van der Waals surface area contributed by atoms with Crippen molar-refractivity contribution < 1.29 is 94.4 Å². The van der Waals surface area contributed by atoms with Gasteiger partial charge in [0.25, 0.3) is 23.0 Å². The van der Waals surface area contributed by atoms with E-state index in [2.05, 4.69) is 15.3 Å². The number of nitrogens with zero attached hydrogens (tertiary/aromatic N) is 2. The van der Waals surface area contributed by atoms with Crippen molar-refractivity contribution in [3.05, 3.63) is 274 Å². The van der Waals surface area contributed by atoms with Crippen LogP contribution in [0.2, 0.25) is 0 Å². The lowest BCUT2D eigenvalue weighted by Crippen LogP contribution is -2.58. The first-order valence-corrected chi connectivity index (χ1v) is 27.1. The van der Waals surface area contributed by atoms with Crippen LogP contribution in [0.5, 0.6) is 0 Å². The molecule has 2 amide bonds. The Morgan fingerprint density at radius 3 is 1.14 bits per heavy atom. The first kappa shape index (κ1) is 68.8. The molecule has 1 aliphatic heterocycles. The Morgan fingerprint density at radius 2 is 0.822 bits per heavy atom. The molecule has 0 unspecified atom stereocenters. The smallest absolute Gasteiger partial charge is 0.381 e. The number of methoxy groups -OCH3 is 1. The maximum Gasteiger partial charge on any atom is 0.430 e. The zero-order chi connectivity index (χ0) is 65.8. The van der Waals surface area contributed by atoms with Gasteiger partial charge >= 0.3 is 24.7 Å². The van der Waals surface area contributed by atoms with Crippen LogP contribution in [0, 0.1) is 23.3 Å². The second kappa shape index (κ2) is 28.4. The minimum absolute atomic E-state index is 0.133. The van der Waals surface area contributed by atoms with Crippen molar-refractivity contribution in [2.75, 3.05) is 33.4 Å². The van der Waals surface area contributed by atoms with Gasteiger partial charge in [0.15, 0.2) is 0 Å². The van der Waals surface area contributed by atoms with Crippen molar-refractivity contribution in [3.63, 3.8) is 0 Å². The van der Waals surface area contributed by atoms with Gasteiger partial charge in [-0.15, -0.1) is 0 Å². The minimum Gasteiger partial charge on any atom is -0.381 e. The van der Waals surface area contributed by atoms with Gasteiger partial charge < -0.3 is 25.2 Å². The fourth-order valence-corrected chi connectivity index (χ4v) is 10.2. The quantitative estimate of drug-likeness (QED) is 0.0776. The van der Waals surface area contributed by atoms with E-state index in [-0.39, 0.29) is 41.9 Å². The minimum atomic E-state index is -5.52. The first-order chi connectivity index (χ1) is 42.4. The molecule has 0 aliphatic carbocycles. The van der Waals surface area contributed by atoms with E-state index >= 15 is 0 Å². The molecule has 1 aliphatic rings. The van der Waals surface area contributed by atoms with Gasteiger partial charge in [-0.2, -0.15) is 52.7 Å². The van der Waals surface area contributed by atoms with Gasteiger partial charge in [-0.1, -0.05) is 121 Å². The molecule has 25 heteroatoms. The molecule has 9 rings (SSSR count). The van der Waals surface area contributed by atoms with Gasteiger partial charge in [0, 0.05) is 44.5 Å². The third-order valence-electron chi connectivity index (χ3n) is 14.8. The maximum atomic E-state index is 14.8. The molecule has 0 saturated carbocycles. The summed E-state index contributed by atoms with van der Waals surface area (Å²) in [6, 6.07) is 34.8. The number of hydrogen-bond donors (Lipinski definition) is 3. The number of aromatic nitrogens is 2. The molecule has 9 nitrogen and oxygen atoms in total. The SMILES string of the molecule is C1CCOC1.CO[C@](C(=O)NC[C@](Cc1ccccc1)(c1cc(F)cc(C(F)(F)F)c1)c1ccc(F)cn1)(c1ccccc1)C(F)(F)F.O=C(NC[C@](Cc1ccccc1)(c1cc(F)cc(C(F)(F)F)c1)c1ccc(F)cn1)[C@@](O)(c1ccccc1)C(F)(F)F. The summed E-state index contributed by atoms with van der Waals surface area (Å²) in [5.41, 5.74) is -15.8. The summed E-state index contributed by atoms with van der Waals surface area (Å²) in [6.07, 6.45) is -17.4. The summed E-state index contributed by atoms with van der Waals surface area (Å²) in [5, 5.41) is 15.0. The highest BCUT2D eigenvalue weighted by atomic mass is 19.4. The molecule has 8 aromatic rings. The lowest BCUT2D eigenvalue weighted by atomic mass is 9.71. The number of hydrogen-bond acceptors (Lipinski definition) is 7. The number of carbonyl (C=O) groups excluding carboxylic acids is 2. The molecule has 0 spiro atoms. The van der Waals surface area contributed by atoms with Gasteiger partial charge in [0.1, 0.15) is 23.3 Å². The largest absolute Gasteiger partial charge is 0.430 e. The van der Waals surface area contributed by atoms with Crippen molar-refractivity contribution in [3.8, 4) is 0 Å². The maximum absolute atomic E-state index is 14.8. The van der Waals surface area contributed by atoms with E-state index in [1.54, 1.807) is 60.7 Å². The van der Waals surface area contributed by atoms with E-state index in [4.69, 9.17) is 9.47 Å². The standard InChI is InChI=1S/C31H24F8N2O2.C30H22F8N2O2.C4H8O/c1-43-29(31(37,38)39,21-10-6-3-7-11-21)27(42)41-19-28(17-20-8-4-2-5-9-20,26-13-12-24(32)18-40-26)22-14-23(30(34,35)36)16-25(33)15-22;31-23-11-12-25(39-17-23)27(16-19-7-3-1-4-8-19,21-13-22(29(33,34)35)15-24(32)14-21)18-40-26(41)28(42,30(36,37)38)20-9-5-2-6-10-20;1-2-4-5-3-1/h2-16,18H,17,19H2,1H3,(H,41,42);1-15,17,42H,16,18H2,(H,40,41);1-4H2/t28-,29+;27-,28+;/m11./s1. The number of ether oxygens (including phenoxy) is 2. The lowest BCUT2D eigenvalue weighted by molar-refractivity contribution is -0.265. The molecule has 0 bridgehead atoms. The molecule has 1 saturated heterocycles. The number of halogens is 16. The number of rotatable bonds is 17. The zero-order valence-electron chi connectivity index (χ0n) is 47.2. The molecule has 0 radical (unpaired) electrons. The van der Waals surface area contributed by atoms with Gasteiger partial charge in [0.05, 0.1) is 45.7 Å². The summed E-state index contributed by atoms with van der Waals surface area (Å²) in [4.78, 5) is 34.8. The molecule has 90 heavy (non-hydrogen) atoms. The van der Waals surface area contributed by atoms with Crippen LogP contribution in [0.3, 0.4) is 0 Å². The van der Waals surface area contributed by atoms with Crippen LogP contribution >= 0.6 is 0 Å². The molecule has 4 atom stereocenters. The van der Waals surface area contributed by atoms with E-state index in [1.807, 2.05) is 5.32 Å². The second-order valence-corrected chi connectivity index (χ2v) is 20.7. The van der Waals surface area contributed by atoms with E-state index in [0.717, 1.165) is 86.3 Å². The van der Waals surface area contributed by atoms with E-state index in [9.17, 15) is 84.9 Å². The van der Waals surface area contributed by atoms with Crippen LogP contribution < -0.4 is 10.6 Å². The predicted molar refractivity (Wildman–Crippen MR) is 297 cm³/mol. The molecular weight excluding hydrogens is 1220 g/mol. The molecule has 1 fully saturated rings. The fraction of sp³-hybridized carbons (Fsp3) is 0.262. The molecular formula is C65H54F16N4O5. The fourth-order valence-electron chi connectivity index (χ4n) is 10.2. The lowest BCUT2D eigenvalue weighted by Gasteiger charge is -2.38. The second-order valence-electron chi connectivity index (χ2n) is 20.7. The molecule has 3 N–H and O–H groups in total. The van der Waals surface area contributed by atoms with E-state index in [1.165, 1.54) is 49.2 Å². The van der Waals surface area contributed by atoms with Crippen molar-refractivity contribution in [2.45, 2.75) is 72.4 Å². The number of carbonyl (C=O) groups is 2. The topological polar surface area (TPSA) is 123 Å². The highest BCUT2D eigenvalue weighted by molar-refractivity contribution is 5.88. The number of aliphatic hydroxyl groups is 1. The summed E-state index contributed by atoms with van der Waals surface area (Å²) in [6.45, 7) is 0.291. The van der Waals surface area contributed by atoms with Crippen LogP contribution in [-0.4, -0.2) is 72.7 Å². The van der Waals surface area contributed by atoms with Gasteiger partial charge in [-0.05, 0) is 109 Å². The van der Waals surface area contributed by atoms with Crippen molar-refractivity contribution in [1.29, 1.82) is 0 Å². The van der Waals surface area contributed by atoms with Gasteiger partial charge in [-0.3, -0.25) is 19.6 Å². The third-order valence-corrected chi connectivity index (χ3v) is 14.8. The highest BCUT2D eigenvalue weighted by Crippen LogP contribution is 2.45.